The Morgan fingerprint density at radius 1 is 1.41 bits per heavy atom. The Bertz CT molecular complexity index is 321. The third kappa shape index (κ3) is 2.28. The molecule has 0 aliphatic carbocycles. The van der Waals surface area contributed by atoms with Crippen molar-refractivity contribution in [1.29, 1.82) is 0 Å². The summed E-state index contributed by atoms with van der Waals surface area (Å²) in [4.78, 5) is 24.8. The maximum absolute atomic E-state index is 12.3. The molecule has 2 aliphatic heterocycles. The summed E-state index contributed by atoms with van der Waals surface area (Å²) < 4.78 is 5.28. The number of likely N-dealkylation sites (N-methyl/N-ethyl adjacent to an activating group) is 1. The minimum atomic E-state index is -0.907. The van der Waals surface area contributed by atoms with Crippen molar-refractivity contribution in [1.82, 2.24) is 10.2 Å². The largest absolute Gasteiger partial charge is 0.480 e. The topological polar surface area (TPSA) is 78.9 Å². The highest BCUT2D eigenvalue weighted by molar-refractivity contribution is 5.86. The van der Waals surface area contributed by atoms with Gasteiger partial charge in [0.25, 0.3) is 0 Å². The van der Waals surface area contributed by atoms with Gasteiger partial charge in [-0.25, -0.2) is 4.79 Å². The van der Waals surface area contributed by atoms with Gasteiger partial charge in [-0.3, -0.25) is 4.79 Å². The normalized spacial score (nSPS) is 33.0. The van der Waals surface area contributed by atoms with Crippen molar-refractivity contribution in [2.24, 2.45) is 5.92 Å². The zero-order valence-electron chi connectivity index (χ0n) is 9.89. The number of amides is 1. The molecule has 2 fully saturated rings. The smallest absolute Gasteiger partial charge is 0.326 e. The lowest BCUT2D eigenvalue weighted by Crippen LogP contribution is -2.48. The molecule has 2 unspecified atom stereocenters. The van der Waals surface area contributed by atoms with E-state index in [2.05, 4.69) is 5.32 Å². The van der Waals surface area contributed by atoms with Crippen LogP contribution >= 0.6 is 0 Å². The van der Waals surface area contributed by atoms with Gasteiger partial charge in [-0.05, 0) is 19.9 Å². The Morgan fingerprint density at radius 3 is 2.82 bits per heavy atom. The minimum absolute atomic E-state index is 0.00227. The van der Waals surface area contributed by atoms with E-state index < -0.39 is 12.0 Å². The van der Waals surface area contributed by atoms with Gasteiger partial charge in [0.2, 0.25) is 5.91 Å². The van der Waals surface area contributed by atoms with Crippen LogP contribution in [0.5, 0.6) is 0 Å². The highest BCUT2D eigenvalue weighted by atomic mass is 16.5. The quantitative estimate of drug-likeness (QED) is 0.684. The molecule has 0 saturated carbocycles. The summed E-state index contributed by atoms with van der Waals surface area (Å²) in [5, 5.41) is 12.1. The third-order valence-electron chi connectivity index (χ3n) is 3.59. The number of aliphatic carboxylic acids is 1. The first kappa shape index (κ1) is 12.3. The number of carboxylic acid groups (broad SMARTS) is 1. The van der Waals surface area contributed by atoms with Gasteiger partial charge in [0.05, 0.1) is 19.1 Å². The summed E-state index contributed by atoms with van der Waals surface area (Å²) in [7, 11) is 1.79. The maximum Gasteiger partial charge on any atom is 0.326 e. The SMILES string of the molecule is CNC1COCC1C(=O)N1CCC[C@H]1C(=O)O. The van der Waals surface area contributed by atoms with Crippen LogP contribution in [0.15, 0.2) is 0 Å². The molecule has 0 bridgehead atoms. The van der Waals surface area contributed by atoms with Gasteiger partial charge in [-0.1, -0.05) is 0 Å². The highest BCUT2D eigenvalue weighted by Crippen LogP contribution is 2.23. The molecule has 17 heavy (non-hydrogen) atoms. The summed E-state index contributed by atoms with van der Waals surface area (Å²) in [6.07, 6.45) is 1.32. The van der Waals surface area contributed by atoms with E-state index in [0.717, 1.165) is 6.42 Å². The molecular formula is C11H18N2O4. The molecule has 2 N–H and O–H groups in total. The lowest BCUT2D eigenvalue weighted by Gasteiger charge is -2.26. The third-order valence-corrected chi connectivity index (χ3v) is 3.59. The summed E-state index contributed by atoms with van der Waals surface area (Å²) in [6, 6.07) is -0.654. The predicted octanol–water partition coefficient (Wildman–Crippen LogP) is -0.704. The van der Waals surface area contributed by atoms with Crippen molar-refractivity contribution in [3.05, 3.63) is 0 Å². The van der Waals surface area contributed by atoms with Crippen LogP contribution < -0.4 is 5.32 Å². The molecule has 0 aromatic heterocycles. The molecule has 2 aliphatic rings. The van der Waals surface area contributed by atoms with E-state index >= 15 is 0 Å². The molecule has 96 valence electrons. The van der Waals surface area contributed by atoms with E-state index in [9.17, 15) is 9.59 Å². The summed E-state index contributed by atoms with van der Waals surface area (Å²) >= 11 is 0. The van der Waals surface area contributed by atoms with E-state index in [1.807, 2.05) is 0 Å². The Hall–Kier alpha value is -1.14. The van der Waals surface area contributed by atoms with Crippen LogP contribution in [0.3, 0.4) is 0 Å². The van der Waals surface area contributed by atoms with E-state index in [1.165, 1.54) is 4.90 Å². The average Bonchev–Trinajstić information content (AvgIpc) is 2.96. The fourth-order valence-electron chi connectivity index (χ4n) is 2.58. The Morgan fingerprint density at radius 2 is 2.18 bits per heavy atom. The van der Waals surface area contributed by atoms with Gasteiger partial charge in [-0.15, -0.1) is 0 Å². The molecule has 2 saturated heterocycles. The number of nitrogens with one attached hydrogen (secondary N) is 1. The maximum atomic E-state index is 12.3. The number of likely N-dealkylation sites (tertiary alicyclic amines) is 1. The molecule has 0 spiro atoms. The molecule has 2 heterocycles. The zero-order valence-corrected chi connectivity index (χ0v) is 9.89. The number of rotatable bonds is 3. The Kier molecular flexibility index (Phi) is 3.63. The molecular weight excluding hydrogens is 224 g/mol. The number of nitrogens with zero attached hydrogens (tertiary/aromatic N) is 1. The van der Waals surface area contributed by atoms with Crippen LogP contribution in [-0.4, -0.2) is 60.8 Å². The number of carbonyl (C=O) groups is 2. The highest BCUT2D eigenvalue weighted by Gasteiger charge is 2.41. The fraction of sp³-hybridized carbons (Fsp3) is 0.818. The average molecular weight is 242 g/mol. The van der Waals surface area contributed by atoms with Crippen LogP contribution in [0.4, 0.5) is 0 Å². The zero-order chi connectivity index (χ0) is 12.4. The van der Waals surface area contributed by atoms with Crippen molar-refractivity contribution < 1.29 is 19.4 Å². The summed E-state index contributed by atoms with van der Waals surface area (Å²) in [5.74, 6) is -1.25. The summed E-state index contributed by atoms with van der Waals surface area (Å²) in [6.45, 7) is 1.44. The predicted molar refractivity (Wildman–Crippen MR) is 59.5 cm³/mol. The van der Waals surface area contributed by atoms with Gasteiger partial charge in [-0.2, -0.15) is 0 Å². The van der Waals surface area contributed by atoms with Crippen molar-refractivity contribution in [2.45, 2.75) is 24.9 Å². The molecule has 0 radical (unpaired) electrons. The standard InChI is InChI=1S/C11H18N2O4/c1-12-8-6-17-5-7(8)10(14)13-4-2-3-9(13)11(15)16/h7-9,12H,2-6H2,1H3,(H,15,16)/t7?,8?,9-/m0/s1. The van der Waals surface area contributed by atoms with E-state index in [-0.39, 0.29) is 17.9 Å². The van der Waals surface area contributed by atoms with Gasteiger partial charge in [0.15, 0.2) is 0 Å². The van der Waals surface area contributed by atoms with Crippen LogP contribution in [0.25, 0.3) is 0 Å². The second-order valence-electron chi connectivity index (χ2n) is 4.57. The molecule has 6 heteroatoms. The van der Waals surface area contributed by atoms with Gasteiger partial charge in [0, 0.05) is 12.6 Å². The molecule has 3 atom stereocenters. The fourth-order valence-corrected chi connectivity index (χ4v) is 2.58. The number of carbonyl (C=O) groups excluding carboxylic acids is 1. The van der Waals surface area contributed by atoms with Crippen molar-refractivity contribution >= 4 is 11.9 Å². The van der Waals surface area contributed by atoms with E-state index in [1.54, 1.807) is 7.05 Å². The minimum Gasteiger partial charge on any atom is -0.480 e. The van der Waals surface area contributed by atoms with Gasteiger partial charge in [0.1, 0.15) is 6.04 Å². The molecule has 2 rings (SSSR count). The van der Waals surface area contributed by atoms with Crippen LogP contribution in [0, 0.1) is 5.92 Å². The second kappa shape index (κ2) is 5.01. The lowest BCUT2D eigenvalue weighted by atomic mass is 10.0. The van der Waals surface area contributed by atoms with Crippen LogP contribution in [-0.2, 0) is 14.3 Å². The first-order valence-corrected chi connectivity index (χ1v) is 5.93. The first-order valence-electron chi connectivity index (χ1n) is 5.93. The Balaban J connectivity index is 2.06. The molecule has 0 aromatic rings. The molecule has 1 amide bonds. The molecule has 0 aromatic carbocycles. The second-order valence-corrected chi connectivity index (χ2v) is 4.57. The van der Waals surface area contributed by atoms with Gasteiger partial charge < -0.3 is 20.1 Å². The summed E-state index contributed by atoms with van der Waals surface area (Å²) in [5.41, 5.74) is 0. The van der Waals surface area contributed by atoms with Crippen LogP contribution in [0.2, 0.25) is 0 Å². The van der Waals surface area contributed by atoms with E-state index in [0.29, 0.717) is 26.2 Å². The molecule has 6 nitrogen and oxygen atoms in total. The van der Waals surface area contributed by atoms with Gasteiger partial charge >= 0.3 is 5.97 Å². The lowest BCUT2D eigenvalue weighted by molar-refractivity contribution is -0.150. The van der Waals surface area contributed by atoms with Crippen LogP contribution in [0.1, 0.15) is 12.8 Å². The number of carboxylic acids is 1. The van der Waals surface area contributed by atoms with Crippen molar-refractivity contribution in [3.8, 4) is 0 Å². The van der Waals surface area contributed by atoms with Crippen molar-refractivity contribution in [3.63, 3.8) is 0 Å². The number of ether oxygens (including phenoxy) is 1. The monoisotopic (exact) mass is 242 g/mol. The Labute approximate surface area is 99.9 Å². The van der Waals surface area contributed by atoms with Crippen molar-refractivity contribution in [2.75, 3.05) is 26.8 Å². The van der Waals surface area contributed by atoms with E-state index in [4.69, 9.17) is 9.84 Å². The number of hydrogen-bond donors (Lipinski definition) is 2. The number of hydrogen-bond acceptors (Lipinski definition) is 4. The first-order chi connectivity index (χ1) is 8.15.